The maximum absolute atomic E-state index is 12.3. The van der Waals surface area contributed by atoms with Crippen LogP contribution < -0.4 is 5.32 Å². The smallest absolute Gasteiger partial charge is 0.321 e. The van der Waals surface area contributed by atoms with Gasteiger partial charge in [-0.1, -0.05) is 31.5 Å². The van der Waals surface area contributed by atoms with E-state index < -0.39 is 0 Å². The van der Waals surface area contributed by atoms with E-state index in [9.17, 15) is 9.59 Å². The maximum atomic E-state index is 12.3. The van der Waals surface area contributed by atoms with Crippen molar-refractivity contribution >= 4 is 29.2 Å². The van der Waals surface area contributed by atoms with Crippen LogP contribution in [0.15, 0.2) is 24.3 Å². The molecule has 0 unspecified atom stereocenters. The zero-order valence-electron chi connectivity index (χ0n) is 15.0. The summed E-state index contributed by atoms with van der Waals surface area (Å²) >= 11 is 5.93. The van der Waals surface area contributed by atoms with Crippen LogP contribution in [0.1, 0.15) is 20.3 Å². The van der Waals surface area contributed by atoms with Crippen LogP contribution in [-0.4, -0.2) is 72.5 Å². The van der Waals surface area contributed by atoms with Crippen molar-refractivity contribution in [3.05, 3.63) is 29.3 Å². The number of hydrogen-bond donors (Lipinski definition) is 1. The molecule has 6 nitrogen and oxygen atoms in total. The Morgan fingerprint density at radius 3 is 2.36 bits per heavy atom. The van der Waals surface area contributed by atoms with Gasteiger partial charge in [-0.2, -0.15) is 0 Å². The molecule has 2 rings (SSSR count). The summed E-state index contributed by atoms with van der Waals surface area (Å²) in [5.74, 6) is 0.168. The number of halogens is 1. The number of rotatable bonds is 6. The first kappa shape index (κ1) is 19.5. The monoisotopic (exact) mass is 366 g/mol. The molecule has 1 aliphatic heterocycles. The molecular formula is C18H27ClN4O2. The zero-order valence-corrected chi connectivity index (χ0v) is 15.8. The third kappa shape index (κ3) is 5.90. The van der Waals surface area contributed by atoms with Crippen molar-refractivity contribution in [1.82, 2.24) is 14.7 Å². The lowest BCUT2D eigenvalue weighted by Crippen LogP contribution is -2.52. The molecule has 0 aliphatic carbocycles. The lowest BCUT2D eigenvalue weighted by Gasteiger charge is -2.35. The van der Waals surface area contributed by atoms with Gasteiger partial charge >= 0.3 is 6.03 Å². The van der Waals surface area contributed by atoms with Crippen LogP contribution >= 0.6 is 11.6 Å². The Balaban J connectivity index is 1.76. The predicted molar refractivity (Wildman–Crippen MR) is 101 cm³/mol. The van der Waals surface area contributed by atoms with E-state index in [0.717, 1.165) is 19.6 Å². The van der Waals surface area contributed by atoms with Gasteiger partial charge in [0.05, 0.1) is 0 Å². The predicted octanol–water partition coefficient (Wildman–Crippen LogP) is 2.75. The minimum atomic E-state index is -0.155. The van der Waals surface area contributed by atoms with Crippen LogP contribution in [0.4, 0.5) is 10.5 Å². The number of nitrogens with one attached hydrogen (secondary N) is 1. The van der Waals surface area contributed by atoms with Gasteiger partial charge in [0.2, 0.25) is 5.91 Å². The molecule has 1 heterocycles. The van der Waals surface area contributed by atoms with Crippen molar-refractivity contribution in [2.75, 3.05) is 51.1 Å². The van der Waals surface area contributed by atoms with Crippen molar-refractivity contribution in [1.29, 1.82) is 0 Å². The van der Waals surface area contributed by atoms with Crippen LogP contribution in [0.2, 0.25) is 5.02 Å². The van der Waals surface area contributed by atoms with Crippen molar-refractivity contribution in [3.63, 3.8) is 0 Å². The second-order valence-electron chi connectivity index (χ2n) is 6.09. The lowest BCUT2D eigenvalue weighted by atomic mass is 10.2. The normalized spacial score (nSPS) is 14.7. The average molecular weight is 367 g/mol. The van der Waals surface area contributed by atoms with Crippen molar-refractivity contribution in [2.24, 2.45) is 0 Å². The minimum absolute atomic E-state index is 0.155. The van der Waals surface area contributed by atoms with Gasteiger partial charge in [-0.25, -0.2) is 4.79 Å². The molecule has 1 aliphatic rings. The van der Waals surface area contributed by atoms with Gasteiger partial charge in [0.25, 0.3) is 0 Å². The highest BCUT2D eigenvalue weighted by Crippen LogP contribution is 2.16. The second-order valence-corrected chi connectivity index (χ2v) is 6.52. The van der Waals surface area contributed by atoms with Gasteiger partial charge < -0.3 is 20.0 Å². The number of hydrogen-bond acceptors (Lipinski definition) is 3. The summed E-state index contributed by atoms with van der Waals surface area (Å²) in [6.07, 6.45) is 0.538. The SMILES string of the molecule is CCN(CC)CCC(=O)N1CCN(C(=O)Nc2cccc(Cl)c2)CC1. The highest BCUT2D eigenvalue weighted by molar-refractivity contribution is 6.30. The van der Waals surface area contributed by atoms with Crippen LogP contribution in [0.3, 0.4) is 0 Å². The highest BCUT2D eigenvalue weighted by Gasteiger charge is 2.24. The van der Waals surface area contributed by atoms with E-state index in [4.69, 9.17) is 11.6 Å². The van der Waals surface area contributed by atoms with Gasteiger partial charge in [0, 0.05) is 49.9 Å². The molecule has 7 heteroatoms. The number of nitrogens with zero attached hydrogens (tertiary/aromatic N) is 3. The molecule has 1 aromatic carbocycles. The molecule has 0 spiro atoms. The number of urea groups is 1. The van der Waals surface area contributed by atoms with E-state index in [0.29, 0.717) is 43.3 Å². The third-order valence-corrected chi connectivity index (χ3v) is 4.77. The Kier molecular flexibility index (Phi) is 7.52. The van der Waals surface area contributed by atoms with Crippen LogP contribution in [0.25, 0.3) is 0 Å². The van der Waals surface area contributed by atoms with Crippen LogP contribution in [0.5, 0.6) is 0 Å². The number of amides is 3. The van der Waals surface area contributed by atoms with E-state index in [-0.39, 0.29) is 11.9 Å². The Hall–Kier alpha value is -1.79. The summed E-state index contributed by atoms with van der Waals surface area (Å²) < 4.78 is 0. The molecule has 1 fully saturated rings. The number of benzene rings is 1. The first-order valence-electron chi connectivity index (χ1n) is 8.85. The number of piperazine rings is 1. The standard InChI is InChI=1S/C18H27ClN4O2/c1-3-21(4-2)9-8-17(24)22-10-12-23(13-11-22)18(25)20-16-7-5-6-15(19)14-16/h5-7,14H,3-4,8-13H2,1-2H3,(H,20,25). The molecule has 1 saturated heterocycles. The van der Waals surface area contributed by atoms with Gasteiger partial charge in [0.1, 0.15) is 0 Å². The Bertz CT molecular complexity index is 584. The number of anilines is 1. The molecule has 0 aromatic heterocycles. The number of carbonyl (C=O) groups is 2. The fraction of sp³-hybridized carbons (Fsp3) is 0.556. The molecule has 25 heavy (non-hydrogen) atoms. The zero-order chi connectivity index (χ0) is 18.2. The largest absolute Gasteiger partial charge is 0.339 e. The van der Waals surface area contributed by atoms with E-state index in [1.165, 1.54) is 0 Å². The molecule has 1 aromatic rings. The Morgan fingerprint density at radius 1 is 1.12 bits per heavy atom. The van der Waals surface area contributed by atoms with E-state index in [1.807, 2.05) is 4.90 Å². The summed E-state index contributed by atoms with van der Waals surface area (Å²) in [6, 6.07) is 6.92. The summed E-state index contributed by atoms with van der Waals surface area (Å²) in [4.78, 5) is 30.4. The van der Waals surface area contributed by atoms with E-state index >= 15 is 0 Å². The van der Waals surface area contributed by atoms with Crippen LogP contribution in [-0.2, 0) is 4.79 Å². The minimum Gasteiger partial charge on any atom is -0.339 e. The molecule has 0 atom stereocenters. The first-order valence-corrected chi connectivity index (χ1v) is 9.23. The Morgan fingerprint density at radius 2 is 1.76 bits per heavy atom. The molecule has 138 valence electrons. The lowest BCUT2D eigenvalue weighted by molar-refractivity contribution is -0.132. The maximum Gasteiger partial charge on any atom is 0.321 e. The molecule has 1 N–H and O–H groups in total. The topological polar surface area (TPSA) is 55.9 Å². The first-order chi connectivity index (χ1) is 12.0. The fourth-order valence-corrected chi connectivity index (χ4v) is 3.07. The molecular weight excluding hydrogens is 340 g/mol. The molecule has 0 radical (unpaired) electrons. The van der Waals surface area contributed by atoms with Gasteiger partial charge in [-0.05, 0) is 31.3 Å². The average Bonchev–Trinajstić information content (AvgIpc) is 2.62. The highest BCUT2D eigenvalue weighted by atomic mass is 35.5. The molecule has 0 saturated carbocycles. The van der Waals surface area contributed by atoms with Gasteiger partial charge in [-0.3, -0.25) is 4.79 Å². The van der Waals surface area contributed by atoms with E-state index in [1.54, 1.807) is 29.2 Å². The summed E-state index contributed by atoms with van der Waals surface area (Å²) in [5.41, 5.74) is 0.676. The van der Waals surface area contributed by atoms with Gasteiger partial charge in [-0.15, -0.1) is 0 Å². The summed E-state index contributed by atoms with van der Waals surface area (Å²) in [5, 5.41) is 3.43. The summed E-state index contributed by atoms with van der Waals surface area (Å²) in [7, 11) is 0. The van der Waals surface area contributed by atoms with Gasteiger partial charge in [0.15, 0.2) is 0 Å². The fourth-order valence-electron chi connectivity index (χ4n) is 2.88. The van der Waals surface area contributed by atoms with Crippen LogP contribution in [0, 0.1) is 0 Å². The molecule has 3 amide bonds. The Labute approximate surface area is 154 Å². The third-order valence-electron chi connectivity index (χ3n) is 4.53. The van der Waals surface area contributed by atoms with Crippen molar-refractivity contribution in [3.8, 4) is 0 Å². The molecule has 0 bridgehead atoms. The summed E-state index contributed by atoms with van der Waals surface area (Å²) in [6.45, 7) is 9.17. The number of carbonyl (C=O) groups excluding carboxylic acids is 2. The second kappa shape index (κ2) is 9.63. The van der Waals surface area contributed by atoms with Crippen molar-refractivity contribution < 1.29 is 9.59 Å². The van der Waals surface area contributed by atoms with Crippen molar-refractivity contribution in [2.45, 2.75) is 20.3 Å². The quantitative estimate of drug-likeness (QED) is 0.842. The van der Waals surface area contributed by atoms with E-state index in [2.05, 4.69) is 24.1 Å².